The lowest BCUT2D eigenvalue weighted by atomic mass is 10.1. The van der Waals surface area contributed by atoms with Crippen molar-refractivity contribution in [1.29, 1.82) is 0 Å². The van der Waals surface area contributed by atoms with Gasteiger partial charge >= 0.3 is 0 Å². The quantitative estimate of drug-likeness (QED) is 0.348. The van der Waals surface area contributed by atoms with E-state index in [9.17, 15) is 4.79 Å². The first-order valence-electron chi connectivity index (χ1n) is 10.9. The third-order valence-electron chi connectivity index (χ3n) is 5.85. The normalized spacial score (nSPS) is 11.0. The number of benzene rings is 3. The average molecular weight is 453 g/mol. The molecular formula is C27H23N3O4. The molecule has 170 valence electrons. The maximum absolute atomic E-state index is 13.3. The lowest BCUT2D eigenvalue weighted by molar-refractivity contribution is 0.355. The van der Waals surface area contributed by atoms with Crippen molar-refractivity contribution in [2.75, 3.05) is 14.2 Å². The molecule has 0 radical (unpaired) electrons. The molecule has 0 saturated heterocycles. The van der Waals surface area contributed by atoms with Crippen LogP contribution in [-0.2, 0) is 6.42 Å². The number of pyridine rings is 1. The minimum Gasteiger partial charge on any atom is -0.493 e. The van der Waals surface area contributed by atoms with Crippen LogP contribution in [0.25, 0.3) is 39.3 Å². The van der Waals surface area contributed by atoms with Crippen LogP contribution in [0.15, 0.2) is 82.2 Å². The highest BCUT2D eigenvalue weighted by molar-refractivity contribution is 5.94. The van der Waals surface area contributed by atoms with Gasteiger partial charge in [0.1, 0.15) is 0 Å². The van der Waals surface area contributed by atoms with Gasteiger partial charge in [-0.05, 0) is 48.4 Å². The number of hydrogen-bond acceptors (Lipinski definition) is 6. The number of aryl methyl sites for hydroxylation is 1. The molecule has 0 N–H and O–H groups in total. The number of nitrogens with zero attached hydrogens (tertiary/aromatic N) is 3. The van der Waals surface area contributed by atoms with Crippen molar-refractivity contribution in [2.45, 2.75) is 13.3 Å². The van der Waals surface area contributed by atoms with Crippen molar-refractivity contribution in [3.05, 3.63) is 88.8 Å². The smallest absolute Gasteiger partial charge is 0.262 e. The summed E-state index contributed by atoms with van der Waals surface area (Å²) in [4.78, 5) is 17.9. The summed E-state index contributed by atoms with van der Waals surface area (Å²) in [5, 5.41) is 5.50. The Morgan fingerprint density at radius 2 is 1.65 bits per heavy atom. The van der Waals surface area contributed by atoms with E-state index in [1.165, 1.54) is 5.56 Å². The highest BCUT2D eigenvalue weighted by Gasteiger charge is 2.18. The van der Waals surface area contributed by atoms with Gasteiger partial charge in [-0.25, -0.2) is 0 Å². The Balaban J connectivity index is 1.65. The number of fused-ring (bicyclic) bond motifs is 1. The average Bonchev–Trinajstić information content (AvgIpc) is 3.39. The monoisotopic (exact) mass is 453 g/mol. The second-order valence-corrected chi connectivity index (χ2v) is 7.78. The number of methoxy groups -OCH3 is 2. The second kappa shape index (κ2) is 8.86. The van der Waals surface area contributed by atoms with E-state index in [1.54, 1.807) is 37.1 Å². The van der Waals surface area contributed by atoms with Crippen LogP contribution in [0.5, 0.6) is 11.5 Å². The summed E-state index contributed by atoms with van der Waals surface area (Å²) in [5.41, 5.74) is 3.26. The minimum atomic E-state index is -0.108. The van der Waals surface area contributed by atoms with Gasteiger partial charge in [-0.15, -0.1) is 0 Å². The van der Waals surface area contributed by atoms with E-state index >= 15 is 0 Å². The summed E-state index contributed by atoms with van der Waals surface area (Å²) in [7, 11) is 3.16. The molecule has 7 heteroatoms. The predicted molar refractivity (Wildman–Crippen MR) is 131 cm³/mol. The Kier molecular flexibility index (Phi) is 5.59. The van der Waals surface area contributed by atoms with Crippen LogP contribution >= 0.6 is 0 Å². The largest absolute Gasteiger partial charge is 0.493 e. The summed E-state index contributed by atoms with van der Waals surface area (Å²) in [6, 6.07) is 20.8. The third kappa shape index (κ3) is 3.71. The third-order valence-corrected chi connectivity index (χ3v) is 5.85. The molecule has 5 aromatic rings. The SMILES string of the molecule is CCc1ccc(-n2cc(-c3nc(-c4ccc(OC)c(OC)c4)no3)c3ccccc3c2=O)cc1. The number of ether oxygens (including phenoxy) is 2. The van der Waals surface area contributed by atoms with Crippen molar-refractivity contribution in [3.63, 3.8) is 0 Å². The van der Waals surface area contributed by atoms with Gasteiger partial charge in [0.25, 0.3) is 11.4 Å². The second-order valence-electron chi connectivity index (χ2n) is 7.78. The summed E-state index contributed by atoms with van der Waals surface area (Å²) in [6.45, 7) is 2.10. The van der Waals surface area contributed by atoms with Crippen LogP contribution in [-0.4, -0.2) is 28.9 Å². The van der Waals surface area contributed by atoms with E-state index in [1.807, 2.05) is 54.6 Å². The molecular weight excluding hydrogens is 430 g/mol. The highest BCUT2D eigenvalue weighted by atomic mass is 16.5. The first-order valence-corrected chi connectivity index (χ1v) is 10.9. The molecule has 3 aromatic carbocycles. The summed E-state index contributed by atoms with van der Waals surface area (Å²) < 4.78 is 18.0. The van der Waals surface area contributed by atoms with Crippen LogP contribution in [0.3, 0.4) is 0 Å². The lowest BCUT2D eigenvalue weighted by Gasteiger charge is -2.11. The molecule has 0 spiro atoms. The fraction of sp³-hybridized carbons (Fsp3) is 0.148. The van der Waals surface area contributed by atoms with Gasteiger partial charge in [0.15, 0.2) is 11.5 Å². The first-order chi connectivity index (χ1) is 16.6. The van der Waals surface area contributed by atoms with E-state index in [-0.39, 0.29) is 5.56 Å². The van der Waals surface area contributed by atoms with Crippen molar-refractivity contribution >= 4 is 10.8 Å². The summed E-state index contributed by atoms with van der Waals surface area (Å²) >= 11 is 0. The van der Waals surface area contributed by atoms with Gasteiger partial charge in [0, 0.05) is 28.2 Å². The Morgan fingerprint density at radius 3 is 2.35 bits per heavy atom. The van der Waals surface area contributed by atoms with Gasteiger partial charge in [-0.3, -0.25) is 9.36 Å². The van der Waals surface area contributed by atoms with Crippen LogP contribution in [0.4, 0.5) is 0 Å². The standard InChI is InChI=1S/C27H23N3O4/c1-4-17-9-12-19(13-10-17)30-16-22(20-7-5-6-8-21(20)27(30)31)26-28-25(29-34-26)18-11-14-23(32-2)24(15-18)33-3/h5-16H,4H2,1-3H3. The fourth-order valence-electron chi connectivity index (χ4n) is 3.97. The highest BCUT2D eigenvalue weighted by Crippen LogP contribution is 2.33. The molecule has 5 rings (SSSR count). The zero-order valence-electron chi connectivity index (χ0n) is 19.1. The Labute approximate surface area is 196 Å². The molecule has 0 saturated carbocycles. The molecule has 0 atom stereocenters. The van der Waals surface area contributed by atoms with Crippen molar-refractivity contribution in [1.82, 2.24) is 14.7 Å². The minimum absolute atomic E-state index is 0.108. The number of aromatic nitrogens is 3. The zero-order chi connectivity index (χ0) is 23.7. The van der Waals surface area contributed by atoms with E-state index < -0.39 is 0 Å². The maximum atomic E-state index is 13.3. The molecule has 7 nitrogen and oxygen atoms in total. The van der Waals surface area contributed by atoms with E-state index in [0.717, 1.165) is 23.1 Å². The Bertz CT molecular complexity index is 1530. The van der Waals surface area contributed by atoms with Gasteiger partial charge in [0.05, 0.1) is 19.8 Å². The molecule has 0 aliphatic rings. The fourth-order valence-corrected chi connectivity index (χ4v) is 3.97. The summed E-state index contributed by atoms with van der Waals surface area (Å²) in [5.74, 6) is 1.91. The Morgan fingerprint density at radius 1 is 0.912 bits per heavy atom. The van der Waals surface area contributed by atoms with Gasteiger partial charge in [-0.2, -0.15) is 4.98 Å². The molecule has 2 heterocycles. The van der Waals surface area contributed by atoms with Gasteiger partial charge in [0.2, 0.25) is 5.82 Å². The van der Waals surface area contributed by atoms with E-state index in [2.05, 4.69) is 17.1 Å². The Hall–Kier alpha value is -4.39. The topological polar surface area (TPSA) is 79.4 Å². The molecule has 0 unspecified atom stereocenters. The first kappa shape index (κ1) is 21.5. The van der Waals surface area contributed by atoms with Crippen molar-refractivity contribution < 1.29 is 14.0 Å². The molecule has 0 fully saturated rings. The maximum Gasteiger partial charge on any atom is 0.262 e. The molecule has 0 aliphatic heterocycles. The number of hydrogen-bond donors (Lipinski definition) is 0. The molecule has 34 heavy (non-hydrogen) atoms. The van der Waals surface area contributed by atoms with Gasteiger partial charge < -0.3 is 14.0 Å². The predicted octanol–water partition coefficient (Wildman–Crippen LogP) is 5.29. The van der Waals surface area contributed by atoms with Crippen LogP contribution in [0.1, 0.15) is 12.5 Å². The van der Waals surface area contributed by atoms with Crippen LogP contribution in [0.2, 0.25) is 0 Å². The number of rotatable bonds is 6. The van der Waals surface area contributed by atoms with Crippen LogP contribution < -0.4 is 15.0 Å². The van der Waals surface area contributed by atoms with Crippen LogP contribution in [0, 0.1) is 0 Å². The molecule has 0 aliphatic carbocycles. The van der Waals surface area contributed by atoms with E-state index in [4.69, 9.17) is 14.0 Å². The van der Waals surface area contributed by atoms with Crippen molar-refractivity contribution in [2.24, 2.45) is 0 Å². The van der Waals surface area contributed by atoms with Gasteiger partial charge in [-0.1, -0.05) is 42.4 Å². The molecule has 2 aromatic heterocycles. The lowest BCUT2D eigenvalue weighted by Crippen LogP contribution is -2.18. The van der Waals surface area contributed by atoms with Crippen molar-refractivity contribution in [3.8, 4) is 40.0 Å². The molecule has 0 bridgehead atoms. The zero-order valence-corrected chi connectivity index (χ0v) is 19.1. The summed E-state index contributed by atoms with van der Waals surface area (Å²) in [6.07, 6.45) is 2.69. The van der Waals surface area contributed by atoms with E-state index in [0.29, 0.717) is 34.2 Å². The molecule has 0 amide bonds.